The molecule has 0 aliphatic carbocycles. The van der Waals surface area contributed by atoms with Gasteiger partial charge in [-0.2, -0.15) is 0 Å². The molecule has 100 valence electrons. The van der Waals surface area contributed by atoms with Crippen LogP contribution < -0.4 is 10.5 Å². The topological polar surface area (TPSA) is 35.2 Å². The minimum atomic E-state index is -0.492. The van der Waals surface area contributed by atoms with Gasteiger partial charge in [0.2, 0.25) is 0 Å². The Morgan fingerprint density at radius 3 is 2.53 bits per heavy atom. The first-order valence-electron chi connectivity index (χ1n) is 6.05. The van der Waals surface area contributed by atoms with E-state index >= 15 is 0 Å². The van der Waals surface area contributed by atoms with Crippen molar-refractivity contribution < 1.29 is 9.13 Å². The second-order valence-electron chi connectivity index (χ2n) is 4.15. The number of ether oxygens (including phenoxy) is 1. The SMILES string of the molecule is CCOc1ccc(C(N)c2cc(Br)ccc2F)cc1. The Morgan fingerprint density at radius 1 is 1.21 bits per heavy atom. The van der Waals surface area contributed by atoms with Crippen molar-refractivity contribution in [3.63, 3.8) is 0 Å². The van der Waals surface area contributed by atoms with Crippen LogP contribution in [0.25, 0.3) is 0 Å². The fraction of sp³-hybridized carbons (Fsp3) is 0.200. The van der Waals surface area contributed by atoms with Crippen LogP contribution in [0, 0.1) is 5.82 Å². The molecule has 2 aromatic carbocycles. The zero-order valence-corrected chi connectivity index (χ0v) is 12.2. The summed E-state index contributed by atoms with van der Waals surface area (Å²) in [6.45, 7) is 2.54. The summed E-state index contributed by atoms with van der Waals surface area (Å²) in [6, 6.07) is 11.7. The van der Waals surface area contributed by atoms with Crippen LogP contribution in [0.15, 0.2) is 46.9 Å². The second kappa shape index (κ2) is 6.17. The Labute approximate surface area is 120 Å². The van der Waals surface area contributed by atoms with Crippen molar-refractivity contribution in [2.24, 2.45) is 5.73 Å². The lowest BCUT2D eigenvalue weighted by Gasteiger charge is -2.14. The van der Waals surface area contributed by atoms with Gasteiger partial charge in [-0.1, -0.05) is 28.1 Å². The Morgan fingerprint density at radius 2 is 1.89 bits per heavy atom. The normalized spacial score (nSPS) is 12.2. The van der Waals surface area contributed by atoms with E-state index in [4.69, 9.17) is 10.5 Å². The summed E-state index contributed by atoms with van der Waals surface area (Å²) in [5, 5.41) is 0. The molecule has 0 fully saturated rings. The predicted molar refractivity (Wildman–Crippen MR) is 77.7 cm³/mol. The molecule has 4 heteroatoms. The molecule has 0 saturated heterocycles. The Bertz CT molecular complexity index is 557. The van der Waals surface area contributed by atoms with E-state index in [1.165, 1.54) is 6.07 Å². The van der Waals surface area contributed by atoms with E-state index in [1.807, 2.05) is 31.2 Å². The highest BCUT2D eigenvalue weighted by atomic mass is 79.9. The molecular weight excluding hydrogens is 309 g/mol. The minimum Gasteiger partial charge on any atom is -0.494 e. The molecule has 0 spiro atoms. The average Bonchev–Trinajstić information content (AvgIpc) is 2.42. The van der Waals surface area contributed by atoms with E-state index in [-0.39, 0.29) is 5.82 Å². The van der Waals surface area contributed by atoms with Crippen molar-refractivity contribution in [1.82, 2.24) is 0 Å². The number of hydrogen-bond donors (Lipinski definition) is 1. The van der Waals surface area contributed by atoms with Gasteiger partial charge in [-0.25, -0.2) is 4.39 Å². The molecule has 2 aromatic rings. The maximum Gasteiger partial charge on any atom is 0.128 e. The van der Waals surface area contributed by atoms with Gasteiger partial charge in [0.25, 0.3) is 0 Å². The number of benzene rings is 2. The highest BCUT2D eigenvalue weighted by Crippen LogP contribution is 2.26. The Hall–Kier alpha value is -1.39. The summed E-state index contributed by atoms with van der Waals surface area (Å²) in [6.07, 6.45) is 0. The van der Waals surface area contributed by atoms with E-state index in [0.29, 0.717) is 12.2 Å². The predicted octanol–water partition coefficient (Wildman–Crippen LogP) is 4.04. The zero-order valence-electron chi connectivity index (χ0n) is 10.6. The maximum absolute atomic E-state index is 13.8. The summed E-state index contributed by atoms with van der Waals surface area (Å²) >= 11 is 3.33. The largest absolute Gasteiger partial charge is 0.494 e. The molecule has 2 N–H and O–H groups in total. The van der Waals surface area contributed by atoms with Crippen LogP contribution in [-0.2, 0) is 0 Å². The molecule has 19 heavy (non-hydrogen) atoms. The molecule has 0 radical (unpaired) electrons. The lowest BCUT2D eigenvalue weighted by atomic mass is 9.99. The van der Waals surface area contributed by atoms with Crippen LogP contribution in [0.3, 0.4) is 0 Å². The van der Waals surface area contributed by atoms with Crippen LogP contribution >= 0.6 is 15.9 Å². The first-order chi connectivity index (χ1) is 9.11. The van der Waals surface area contributed by atoms with Crippen molar-refractivity contribution in [3.8, 4) is 5.75 Å². The highest BCUT2D eigenvalue weighted by molar-refractivity contribution is 9.10. The Kier molecular flexibility index (Phi) is 4.56. The minimum absolute atomic E-state index is 0.301. The first-order valence-corrected chi connectivity index (χ1v) is 6.84. The Balaban J connectivity index is 2.27. The number of halogens is 2. The van der Waals surface area contributed by atoms with Crippen LogP contribution in [0.1, 0.15) is 24.1 Å². The van der Waals surface area contributed by atoms with Gasteiger partial charge >= 0.3 is 0 Å². The number of rotatable bonds is 4. The monoisotopic (exact) mass is 323 g/mol. The smallest absolute Gasteiger partial charge is 0.128 e. The van der Waals surface area contributed by atoms with Gasteiger partial charge in [0.1, 0.15) is 11.6 Å². The molecule has 0 amide bonds. The standard InChI is InChI=1S/C15H15BrFNO/c1-2-19-12-6-3-10(4-7-12)15(18)13-9-11(16)5-8-14(13)17/h3-9,15H,2,18H2,1H3. The lowest BCUT2D eigenvalue weighted by molar-refractivity contribution is 0.340. The van der Waals surface area contributed by atoms with Gasteiger partial charge in [0, 0.05) is 10.0 Å². The third-order valence-electron chi connectivity index (χ3n) is 2.84. The average molecular weight is 324 g/mol. The summed E-state index contributed by atoms with van der Waals surface area (Å²) in [4.78, 5) is 0. The summed E-state index contributed by atoms with van der Waals surface area (Å²) in [7, 11) is 0. The summed E-state index contributed by atoms with van der Waals surface area (Å²) < 4.78 is 20.0. The van der Waals surface area contributed by atoms with Crippen molar-refractivity contribution in [2.75, 3.05) is 6.61 Å². The van der Waals surface area contributed by atoms with Crippen LogP contribution in [-0.4, -0.2) is 6.61 Å². The third-order valence-corrected chi connectivity index (χ3v) is 3.34. The molecule has 2 nitrogen and oxygen atoms in total. The molecule has 0 heterocycles. The molecule has 1 unspecified atom stereocenters. The second-order valence-corrected chi connectivity index (χ2v) is 5.06. The molecule has 2 rings (SSSR count). The van der Waals surface area contributed by atoms with Gasteiger partial charge in [0.15, 0.2) is 0 Å². The van der Waals surface area contributed by atoms with Crippen LogP contribution in [0.2, 0.25) is 0 Å². The van der Waals surface area contributed by atoms with E-state index in [1.54, 1.807) is 12.1 Å². The van der Waals surface area contributed by atoms with E-state index in [2.05, 4.69) is 15.9 Å². The third kappa shape index (κ3) is 3.33. The van der Waals surface area contributed by atoms with Crippen molar-refractivity contribution in [2.45, 2.75) is 13.0 Å². The fourth-order valence-electron chi connectivity index (χ4n) is 1.87. The molecule has 0 saturated carbocycles. The molecule has 0 bridgehead atoms. The van der Waals surface area contributed by atoms with Gasteiger partial charge < -0.3 is 10.5 Å². The van der Waals surface area contributed by atoms with Crippen molar-refractivity contribution in [3.05, 3.63) is 63.9 Å². The summed E-state index contributed by atoms with van der Waals surface area (Å²) in [5.41, 5.74) is 7.43. The fourth-order valence-corrected chi connectivity index (χ4v) is 2.25. The molecular formula is C15H15BrFNO. The van der Waals surface area contributed by atoms with E-state index in [0.717, 1.165) is 15.8 Å². The quantitative estimate of drug-likeness (QED) is 0.921. The van der Waals surface area contributed by atoms with Gasteiger partial charge in [-0.05, 0) is 42.8 Å². The van der Waals surface area contributed by atoms with Crippen molar-refractivity contribution >= 4 is 15.9 Å². The van der Waals surface area contributed by atoms with Crippen molar-refractivity contribution in [1.29, 1.82) is 0 Å². The van der Waals surface area contributed by atoms with Crippen LogP contribution in [0.5, 0.6) is 5.75 Å². The molecule has 1 atom stereocenters. The lowest BCUT2D eigenvalue weighted by Crippen LogP contribution is -2.13. The van der Waals surface area contributed by atoms with E-state index < -0.39 is 6.04 Å². The summed E-state index contributed by atoms with van der Waals surface area (Å²) in [5.74, 6) is 0.484. The number of nitrogens with two attached hydrogens (primary N) is 1. The first kappa shape index (κ1) is 14.0. The van der Waals surface area contributed by atoms with Gasteiger partial charge in [-0.3, -0.25) is 0 Å². The molecule has 0 aliphatic heterocycles. The highest BCUT2D eigenvalue weighted by Gasteiger charge is 2.14. The van der Waals surface area contributed by atoms with Gasteiger partial charge in [-0.15, -0.1) is 0 Å². The van der Waals surface area contributed by atoms with Gasteiger partial charge in [0.05, 0.1) is 12.6 Å². The molecule has 0 aromatic heterocycles. The van der Waals surface area contributed by atoms with Crippen LogP contribution in [0.4, 0.5) is 4.39 Å². The van der Waals surface area contributed by atoms with E-state index in [9.17, 15) is 4.39 Å². The number of hydrogen-bond acceptors (Lipinski definition) is 2. The zero-order chi connectivity index (χ0) is 13.8. The maximum atomic E-state index is 13.8. The molecule has 0 aliphatic rings.